The van der Waals surface area contributed by atoms with Crippen molar-refractivity contribution >= 4 is 11.6 Å². The zero-order chi connectivity index (χ0) is 14.5. The Kier molecular flexibility index (Phi) is 4.45. The highest BCUT2D eigenvalue weighted by molar-refractivity contribution is 5.76. The molecule has 0 bridgehead atoms. The van der Waals surface area contributed by atoms with E-state index >= 15 is 0 Å². The summed E-state index contributed by atoms with van der Waals surface area (Å²) in [5.74, 6) is 0.858. The van der Waals surface area contributed by atoms with Crippen LogP contribution in [0.5, 0.6) is 0 Å². The normalized spacial score (nSPS) is 10.3. The molecule has 4 nitrogen and oxygen atoms in total. The molecule has 0 unspecified atom stereocenters. The summed E-state index contributed by atoms with van der Waals surface area (Å²) in [6.45, 7) is 6.32. The van der Waals surface area contributed by atoms with E-state index in [1.165, 1.54) is 11.1 Å². The van der Waals surface area contributed by atoms with Crippen molar-refractivity contribution in [2.24, 2.45) is 0 Å². The summed E-state index contributed by atoms with van der Waals surface area (Å²) < 4.78 is 0. The molecular formula is C16H19N3O. The standard InChI is InChI=1S/C16H19N3O/c1-11-4-5-14(12(2)10-11)15-6-7-16(19-18-15)17-9-8-13(3)20/h4-7,10H,8-9H2,1-3H3,(H,17,19). The zero-order valence-electron chi connectivity index (χ0n) is 12.1. The Morgan fingerprint density at radius 1 is 1.15 bits per heavy atom. The van der Waals surface area contributed by atoms with E-state index in [0.29, 0.717) is 18.8 Å². The summed E-state index contributed by atoms with van der Waals surface area (Å²) in [5, 5.41) is 11.5. The molecule has 0 amide bonds. The largest absolute Gasteiger partial charge is 0.368 e. The topological polar surface area (TPSA) is 54.9 Å². The van der Waals surface area contributed by atoms with E-state index in [9.17, 15) is 4.79 Å². The average molecular weight is 269 g/mol. The first kappa shape index (κ1) is 14.2. The van der Waals surface area contributed by atoms with E-state index in [4.69, 9.17) is 0 Å². The highest BCUT2D eigenvalue weighted by atomic mass is 16.1. The predicted molar refractivity (Wildman–Crippen MR) is 80.7 cm³/mol. The molecule has 0 atom stereocenters. The van der Waals surface area contributed by atoms with Crippen LogP contribution in [0.2, 0.25) is 0 Å². The van der Waals surface area contributed by atoms with E-state index in [2.05, 4.69) is 47.6 Å². The lowest BCUT2D eigenvalue weighted by molar-refractivity contribution is -0.116. The molecule has 2 rings (SSSR count). The van der Waals surface area contributed by atoms with Crippen LogP contribution in [0.3, 0.4) is 0 Å². The van der Waals surface area contributed by atoms with Crippen LogP contribution in [0, 0.1) is 13.8 Å². The van der Waals surface area contributed by atoms with Crippen molar-refractivity contribution in [1.29, 1.82) is 0 Å². The van der Waals surface area contributed by atoms with Crippen LogP contribution in [0.25, 0.3) is 11.3 Å². The monoisotopic (exact) mass is 269 g/mol. The summed E-state index contributed by atoms with van der Waals surface area (Å²) in [4.78, 5) is 10.9. The number of nitrogens with one attached hydrogen (secondary N) is 1. The fourth-order valence-electron chi connectivity index (χ4n) is 2.04. The molecule has 104 valence electrons. The third kappa shape index (κ3) is 3.63. The Hall–Kier alpha value is -2.23. The molecule has 0 radical (unpaired) electrons. The smallest absolute Gasteiger partial charge is 0.148 e. The number of carbonyl (C=O) groups is 1. The summed E-state index contributed by atoms with van der Waals surface area (Å²) in [6, 6.07) is 10.1. The van der Waals surface area contributed by atoms with Crippen molar-refractivity contribution in [3.05, 3.63) is 41.5 Å². The van der Waals surface area contributed by atoms with Gasteiger partial charge in [-0.1, -0.05) is 23.8 Å². The molecule has 2 aromatic rings. The van der Waals surface area contributed by atoms with E-state index < -0.39 is 0 Å². The summed E-state index contributed by atoms with van der Waals surface area (Å²) >= 11 is 0. The summed E-state index contributed by atoms with van der Waals surface area (Å²) in [7, 11) is 0. The van der Waals surface area contributed by atoms with Crippen molar-refractivity contribution in [3.63, 3.8) is 0 Å². The first-order valence-electron chi connectivity index (χ1n) is 6.71. The molecule has 0 saturated carbocycles. The lowest BCUT2D eigenvalue weighted by Gasteiger charge is -2.07. The number of hydrogen-bond donors (Lipinski definition) is 1. The third-order valence-corrected chi connectivity index (χ3v) is 3.11. The van der Waals surface area contributed by atoms with Gasteiger partial charge in [0.25, 0.3) is 0 Å². The molecule has 0 aliphatic rings. The molecule has 0 spiro atoms. The van der Waals surface area contributed by atoms with Gasteiger partial charge < -0.3 is 5.32 Å². The molecule has 1 heterocycles. The van der Waals surface area contributed by atoms with Gasteiger partial charge in [-0.3, -0.25) is 4.79 Å². The van der Waals surface area contributed by atoms with Crippen LogP contribution in [-0.4, -0.2) is 22.5 Å². The summed E-state index contributed by atoms with van der Waals surface area (Å²) in [6.07, 6.45) is 0.500. The molecule has 0 aliphatic heterocycles. The SMILES string of the molecule is CC(=O)CCNc1ccc(-c2ccc(C)cc2C)nn1. The number of nitrogens with zero attached hydrogens (tertiary/aromatic N) is 2. The predicted octanol–water partition coefficient (Wildman–Crippen LogP) is 3.15. The fourth-order valence-corrected chi connectivity index (χ4v) is 2.04. The van der Waals surface area contributed by atoms with Gasteiger partial charge in [0.15, 0.2) is 0 Å². The minimum Gasteiger partial charge on any atom is -0.368 e. The number of hydrogen-bond acceptors (Lipinski definition) is 4. The molecule has 1 aromatic heterocycles. The van der Waals surface area contributed by atoms with Crippen LogP contribution in [0.15, 0.2) is 30.3 Å². The van der Waals surface area contributed by atoms with Gasteiger partial charge in [0, 0.05) is 18.5 Å². The molecule has 4 heteroatoms. The van der Waals surface area contributed by atoms with Crippen LogP contribution >= 0.6 is 0 Å². The van der Waals surface area contributed by atoms with E-state index in [1.807, 2.05) is 12.1 Å². The van der Waals surface area contributed by atoms with Gasteiger partial charge in [-0.05, 0) is 38.5 Å². The summed E-state index contributed by atoms with van der Waals surface area (Å²) in [5.41, 5.74) is 4.39. The van der Waals surface area contributed by atoms with Crippen LogP contribution in [-0.2, 0) is 4.79 Å². The molecule has 0 fully saturated rings. The van der Waals surface area contributed by atoms with E-state index in [0.717, 1.165) is 11.3 Å². The highest BCUT2D eigenvalue weighted by Crippen LogP contribution is 2.22. The number of aromatic nitrogens is 2. The Bertz CT molecular complexity index is 606. The van der Waals surface area contributed by atoms with Gasteiger partial charge in [-0.15, -0.1) is 10.2 Å². The Labute approximate surface area is 119 Å². The Morgan fingerprint density at radius 2 is 1.95 bits per heavy atom. The van der Waals surface area contributed by atoms with Gasteiger partial charge in [-0.25, -0.2) is 0 Å². The second-order valence-corrected chi connectivity index (χ2v) is 5.00. The number of carbonyl (C=O) groups excluding carboxylic acids is 1. The second-order valence-electron chi connectivity index (χ2n) is 5.00. The number of benzene rings is 1. The van der Waals surface area contributed by atoms with Crippen molar-refractivity contribution in [3.8, 4) is 11.3 Å². The molecular weight excluding hydrogens is 250 g/mol. The molecule has 1 N–H and O–H groups in total. The Morgan fingerprint density at radius 3 is 2.55 bits per heavy atom. The van der Waals surface area contributed by atoms with Crippen molar-refractivity contribution < 1.29 is 4.79 Å². The van der Waals surface area contributed by atoms with Gasteiger partial charge in [0.1, 0.15) is 11.6 Å². The van der Waals surface area contributed by atoms with Crippen molar-refractivity contribution in [2.75, 3.05) is 11.9 Å². The van der Waals surface area contributed by atoms with Gasteiger partial charge >= 0.3 is 0 Å². The third-order valence-electron chi connectivity index (χ3n) is 3.11. The maximum atomic E-state index is 10.9. The Balaban J connectivity index is 2.09. The first-order valence-corrected chi connectivity index (χ1v) is 6.71. The molecule has 0 saturated heterocycles. The first-order chi connectivity index (χ1) is 9.56. The minimum atomic E-state index is 0.164. The number of ketones is 1. The lowest BCUT2D eigenvalue weighted by Crippen LogP contribution is -2.07. The molecule has 0 aliphatic carbocycles. The van der Waals surface area contributed by atoms with E-state index in [-0.39, 0.29) is 5.78 Å². The van der Waals surface area contributed by atoms with E-state index in [1.54, 1.807) is 6.92 Å². The van der Waals surface area contributed by atoms with Crippen molar-refractivity contribution in [1.82, 2.24) is 10.2 Å². The maximum Gasteiger partial charge on any atom is 0.148 e. The molecule has 1 aromatic carbocycles. The van der Waals surface area contributed by atoms with Gasteiger partial charge in [0.05, 0.1) is 5.69 Å². The van der Waals surface area contributed by atoms with Gasteiger partial charge in [-0.2, -0.15) is 0 Å². The second kappa shape index (κ2) is 6.28. The minimum absolute atomic E-state index is 0.164. The number of anilines is 1. The average Bonchev–Trinajstić information content (AvgIpc) is 2.39. The van der Waals surface area contributed by atoms with Crippen molar-refractivity contribution in [2.45, 2.75) is 27.2 Å². The highest BCUT2D eigenvalue weighted by Gasteiger charge is 2.04. The maximum absolute atomic E-state index is 10.9. The molecule has 20 heavy (non-hydrogen) atoms. The van der Waals surface area contributed by atoms with Crippen LogP contribution < -0.4 is 5.32 Å². The lowest BCUT2D eigenvalue weighted by atomic mass is 10.0. The number of Topliss-reactive ketones (excluding diaryl/α,β-unsaturated/α-hetero) is 1. The van der Waals surface area contributed by atoms with Crippen LogP contribution in [0.4, 0.5) is 5.82 Å². The number of rotatable bonds is 5. The van der Waals surface area contributed by atoms with Gasteiger partial charge in [0.2, 0.25) is 0 Å². The quantitative estimate of drug-likeness (QED) is 0.906. The zero-order valence-corrected chi connectivity index (χ0v) is 12.1. The fraction of sp³-hybridized carbons (Fsp3) is 0.312. The van der Waals surface area contributed by atoms with Crippen LogP contribution in [0.1, 0.15) is 24.5 Å². The number of aryl methyl sites for hydroxylation is 2.